The van der Waals surface area contributed by atoms with E-state index in [0.29, 0.717) is 18.2 Å². The second-order valence-corrected chi connectivity index (χ2v) is 6.09. The van der Waals surface area contributed by atoms with Gasteiger partial charge >= 0.3 is 11.8 Å². The summed E-state index contributed by atoms with van der Waals surface area (Å²) in [5, 5.41) is 8.22. The largest absolute Gasteiger partial charge is 0.496 e. The normalized spacial score (nSPS) is 13.5. The number of rotatable bonds is 3. The van der Waals surface area contributed by atoms with Gasteiger partial charge in [-0.2, -0.15) is 0 Å². The monoisotopic (exact) mass is 319 g/mol. The summed E-state index contributed by atoms with van der Waals surface area (Å²) < 4.78 is 10.5. The average molecular weight is 319 g/mol. The molecule has 23 heavy (non-hydrogen) atoms. The van der Waals surface area contributed by atoms with Crippen molar-refractivity contribution >= 4 is 23.2 Å². The zero-order valence-electron chi connectivity index (χ0n) is 13.6. The van der Waals surface area contributed by atoms with Crippen LogP contribution in [-0.4, -0.2) is 31.2 Å². The minimum atomic E-state index is -0.726. The Labute approximate surface area is 135 Å². The molecule has 0 spiro atoms. The van der Waals surface area contributed by atoms with Gasteiger partial charge < -0.3 is 25.4 Å². The molecule has 2 rings (SSSR count). The van der Waals surface area contributed by atoms with E-state index in [1.165, 1.54) is 7.11 Å². The van der Waals surface area contributed by atoms with Crippen LogP contribution >= 0.6 is 0 Å². The highest BCUT2D eigenvalue weighted by molar-refractivity contribution is 6.39. The van der Waals surface area contributed by atoms with E-state index in [0.717, 1.165) is 11.3 Å². The molecule has 0 aromatic heterocycles. The fraction of sp³-hybridized carbons (Fsp3) is 0.375. The number of carbonyl (C=O) groups is 2. The molecule has 1 aromatic rings. The number of benzene rings is 1. The van der Waals surface area contributed by atoms with Gasteiger partial charge in [0.25, 0.3) is 0 Å². The molecule has 2 amide bonds. The van der Waals surface area contributed by atoms with Gasteiger partial charge in [0.05, 0.1) is 12.8 Å². The summed E-state index contributed by atoms with van der Waals surface area (Å²) in [5.74, 6) is -0.853. The van der Waals surface area contributed by atoms with E-state index in [1.807, 2.05) is 0 Å². The fourth-order valence-electron chi connectivity index (χ4n) is 2.02. The van der Waals surface area contributed by atoms with Gasteiger partial charge in [-0.25, -0.2) is 0 Å². The van der Waals surface area contributed by atoms with Crippen molar-refractivity contribution in [3.63, 3.8) is 0 Å². The first-order valence-electron chi connectivity index (χ1n) is 7.18. The Morgan fingerprint density at radius 2 is 2.00 bits per heavy atom. The molecular formula is C16H21N3O4. The maximum atomic E-state index is 11.9. The summed E-state index contributed by atoms with van der Waals surface area (Å²) >= 11 is 0. The molecular weight excluding hydrogens is 298 g/mol. The number of hydrogen-bond acceptors (Lipinski definition) is 5. The number of anilines is 1. The van der Waals surface area contributed by atoms with Crippen LogP contribution in [0, 0.1) is 0 Å². The van der Waals surface area contributed by atoms with Crippen LogP contribution in [0.1, 0.15) is 26.3 Å². The molecule has 0 saturated heterocycles. The van der Waals surface area contributed by atoms with Gasteiger partial charge in [-0.3, -0.25) is 9.59 Å². The Morgan fingerprint density at radius 3 is 2.57 bits per heavy atom. The standard InChI is InChI=1S/C16H21N3O4/c1-16(2,3)19-15(21)14(20)18-10-5-6-11(13(7-10)22-4)12-8-23-9-17-12/h5-8,17H,9H2,1-4H3,(H,18,20)(H,19,21). The minimum Gasteiger partial charge on any atom is -0.496 e. The van der Waals surface area contributed by atoms with E-state index in [1.54, 1.807) is 45.2 Å². The van der Waals surface area contributed by atoms with Crippen molar-refractivity contribution in [3.05, 3.63) is 30.0 Å². The number of ether oxygens (including phenoxy) is 2. The van der Waals surface area contributed by atoms with Gasteiger partial charge in [0, 0.05) is 22.9 Å². The second kappa shape index (κ2) is 6.60. The van der Waals surface area contributed by atoms with Gasteiger partial charge in [0.1, 0.15) is 12.0 Å². The summed E-state index contributed by atoms with van der Waals surface area (Å²) in [7, 11) is 1.53. The van der Waals surface area contributed by atoms with E-state index < -0.39 is 17.4 Å². The molecule has 0 bridgehead atoms. The first-order valence-corrected chi connectivity index (χ1v) is 7.18. The number of methoxy groups -OCH3 is 1. The number of carbonyl (C=O) groups excluding carboxylic acids is 2. The van der Waals surface area contributed by atoms with Gasteiger partial charge in [-0.05, 0) is 32.9 Å². The van der Waals surface area contributed by atoms with Crippen LogP contribution in [0.25, 0.3) is 5.70 Å². The zero-order valence-corrected chi connectivity index (χ0v) is 13.6. The van der Waals surface area contributed by atoms with Crippen molar-refractivity contribution in [3.8, 4) is 5.75 Å². The molecule has 0 atom stereocenters. The Kier molecular flexibility index (Phi) is 4.78. The molecule has 7 heteroatoms. The SMILES string of the molecule is COc1cc(NC(=O)C(=O)NC(C)(C)C)ccc1C1=COCN1. The molecule has 1 aromatic carbocycles. The van der Waals surface area contributed by atoms with E-state index in [9.17, 15) is 9.59 Å². The highest BCUT2D eigenvalue weighted by atomic mass is 16.5. The van der Waals surface area contributed by atoms with Crippen molar-refractivity contribution in [1.29, 1.82) is 0 Å². The van der Waals surface area contributed by atoms with E-state index >= 15 is 0 Å². The van der Waals surface area contributed by atoms with Gasteiger partial charge in [-0.1, -0.05) is 0 Å². The van der Waals surface area contributed by atoms with Gasteiger partial charge in [-0.15, -0.1) is 0 Å². The summed E-state index contributed by atoms with van der Waals surface area (Å²) in [6, 6.07) is 5.13. The van der Waals surface area contributed by atoms with Crippen molar-refractivity contribution in [2.45, 2.75) is 26.3 Å². The summed E-state index contributed by atoms with van der Waals surface area (Å²) in [6.07, 6.45) is 1.60. The van der Waals surface area contributed by atoms with E-state index in [4.69, 9.17) is 9.47 Å². The van der Waals surface area contributed by atoms with E-state index in [2.05, 4.69) is 16.0 Å². The summed E-state index contributed by atoms with van der Waals surface area (Å²) in [4.78, 5) is 23.7. The van der Waals surface area contributed by atoms with Crippen molar-refractivity contribution in [2.75, 3.05) is 19.2 Å². The van der Waals surface area contributed by atoms with Crippen LogP contribution in [0.5, 0.6) is 5.75 Å². The van der Waals surface area contributed by atoms with E-state index in [-0.39, 0.29) is 0 Å². The first-order chi connectivity index (χ1) is 10.8. The Balaban J connectivity index is 2.12. The second-order valence-electron chi connectivity index (χ2n) is 6.09. The molecule has 0 saturated carbocycles. The molecule has 3 N–H and O–H groups in total. The van der Waals surface area contributed by atoms with Crippen LogP contribution in [0.2, 0.25) is 0 Å². The summed E-state index contributed by atoms with van der Waals surface area (Å²) in [6.45, 7) is 5.82. The van der Waals surface area contributed by atoms with Crippen molar-refractivity contribution in [2.24, 2.45) is 0 Å². The number of nitrogens with one attached hydrogen (secondary N) is 3. The lowest BCUT2D eigenvalue weighted by atomic mass is 10.1. The Hall–Kier alpha value is -2.70. The Morgan fingerprint density at radius 1 is 1.26 bits per heavy atom. The first kappa shape index (κ1) is 16.7. The third kappa shape index (κ3) is 4.38. The van der Waals surface area contributed by atoms with Crippen LogP contribution in [0.3, 0.4) is 0 Å². The molecule has 0 unspecified atom stereocenters. The predicted octanol–water partition coefficient (Wildman–Crippen LogP) is 1.42. The molecule has 124 valence electrons. The van der Waals surface area contributed by atoms with Crippen LogP contribution in [-0.2, 0) is 14.3 Å². The van der Waals surface area contributed by atoms with Crippen molar-refractivity contribution < 1.29 is 19.1 Å². The van der Waals surface area contributed by atoms with Crippen molar-refractivity contribution in [1.82, 2.24) is 10.6 Å². The fourth-order valence-corrected chi connectivity index (χ4v) is 2.02. The lowest BCUT2D eigenvalue weighted by Crippen LogP contribution is -2.46. The molecule has 1 aliphatic heterocycles. The smallest absolute Gasteiger partial charge is 0.313 e. The third-order valence-corrected chi connectivity index (χ3v) is 2.99. The maximum Gasteiger partial charge on any atom is 0.313 e. The molecule has 1 heterocycles. The summed E-state index contributed by atoms with van der Waals surface area (Å²) in [5.41, 5.74) is 1.60. The highest BCUT2D eigenvalue weighted by Crippen LogP contribution is 2.29. The topological polar surface area (TPSA) is 88.7 Å². The Bertz CT molecular complexity index is 647. The highest BCUT2D eigenvalue weighted by Gasteiger charge is 2.21. The van der Waals surface area contributed by atoms with Gasteiger partial charge in [0.2, 0.25) is 0 Å². The lowest BCUT2D eigenvalue weighted by molar-refractivity contribution is -0.137. The molecule has 7 nitrogen and oxygen atoms in total. The minimum absolute atomic E-state index is 0.407. The molecule has 0 radical (unpaired) electrons. The maximum absolute atomic E-state index is 11.9. The molecule has 1 aliphatic rings. The zero-order chi connectivity index (χ0) is 17.0. The van der Waals surface area contributed by atoms with Gasteiger partial charge in [0.15, 0.2) is 6.73 Å². The quantitative estimate of drug-likeness (QED) is 0.733. The van der Waals surface area contributed by atoms with Crippen LogP contribution < -0.4 is 20.7 Å². The van der Waals surface area contributed by atoms with Crippen LogP contribution in [0.15, 0.2) is 24.5 Å². The number of amides is 2. The lowest BCUT2D eigenvalue weighted by Gasteiger charge is -2.20. The average Bonchev–Trinajstić information content (AvgIpc) is 2.99. The molecule has 0 fully saturated rings. The predicted molar refractivity (Wildman–Crippen MR) is 86.6 cm³/mol. The molecule has 0 aliphatic carbocycles. The number of hydrogen-bond donors (Lipinski definition) is 3. The third-order valence-electron chi connectivity index (χ3n) is 2.99. The van der Waals surface area contributed by atoms with Crippen LogP contribution in [0.4, 0.5) is 5.69 Å².